The smallest absolute Gasteiger partial charge is 0.269 e. The van der Waals surface area contributed by atoms with Gasteiger partial charge in [0.05, 0.1) is 6.42 Å². The lowest BCUT2D eigenvalue weighted by atomic mass is 10.1. The highest BCUT2D eigenvalue weighted by atomic mass is 19.1. The number of rotatable bonds is 3. The number of nitrogens with zero attached hydrogens (tertiary/aromatic N) is 2. The number of aromatic amines is 1. The first-order valence-electron chi connectivity index (χ1n) is 6.68. The lowest BCUT2D eigenvalue weighted by Gasteiger charge is -1.96. The number of azo groups is 1. The first kappa shape index (κ1) is 13.9. The number of carbonyl (C=O) groups is 1. The van der Waals surface area contributed by atoms with Crippen molar-refractivity contribution in [1.29, 1.82) is 0 Å². The monoisotopic (exact) mass is 296 g/mol. The lowest BCUT2D eigenvalue weighted by molar-refractivity contribution is -0.117. The van der Waals surface area contributed by atoms with Gasteiger partial charge < -0.3 is 10.7 Å². The molecular formula is C16H13FN4O. The van der Waals surface area contributed by atoms with E-state index in [2.05, 4.69) is 15.2 Å². The number of amides is 1. The minimum Gasteiger partial charge on any atom is -0.385 e. The van der Waals surface area contributed by atoms with Crippen LogP contribution < -0.4 is 5.73 Å². The van der Waals surface area contributed by atoms with Crippen LogP contribution in [0.15, 0.2) is 58.8 Å². The zero-order valence-electron chi connectivity index (χ0n) is 11.6. The molecule has 0 saturated heterocycles. The van der Waals surface area contributed by atoms with Crippen LogP contribution in [0.2, 0.25) is 0 Å². The number of H-pyrrole nitrogens is 1. The molecule has 110 valence electrons. The van der Waals surface area contributed by atoms with Crippen molar-refractivity contribution in [2.75, 3.05) is 5.73 Å². The second-order valence-electron chi connectivity index (χ2n) is 4.83. The van der Waals surface area contributed by atoms with Gasteiger partial charge in [-0.3, -0.25) is 4.79 Å². The predicted octanol–water partition coefficient (Wildman–Crippen LogP) is 3.74. The number of aromatic nitrogens is 1. The van der Waals surface area contributed by atoms with Gasteiger partial charge in [0.15, 0.2) is 5.82 Å². The number of nitrogen functional groups attached to an aromatic ring is 1. The van der Waals surface area contributed by atoms with Gasteiger partial charge in [-0.25, -0.2) is 4.39 Å². The Bertz CT molecular complexity index is 852. The third-order valence-corrected chi connectivity index (χ3v) is 3.26. The standard InChI is InChI=1S/C16H13FN4O/c17-11-7-5-10(6-8-11)9-14(22)20-21-16-13-4-2-1-3-12(13)15(18)19-16/h1-8,19H,9,18H2. The van der Waals surface area contributed by atoms with Crippen LogP contribution in [-0.4, -0.2) is 10.9 Å². The van der Waals surface area contributed by atoms with Gasteiger partial charge in [0.25, 0.3) is 5.91 Å². The van der Waals surface area contributed by atoms with Gasteiger partial charge in [-0.1, -0.05) is 36.4 Å². The summed E-state index contributed by atoms with van der Waals surface area (Å²) in [6.07, 6.45) is 0.0674. The minimum absolute atomic E-state index is 0.0674. The van der Waals surface area contributed by atoms with Gasteiger partial charge in [0.1, 0.15) is 11.6 Å². The van der Waals surface area contributed by atoms with E-state index >= 15 is 0 Å². The zero-order valence-corrected chi connectivity index (χ0v) is 11.6. The molecule has 0 saturated carbocycles. The average Bonchev–Trinajstić information content (AvgIpc) is 2.85. The number of fused-ring (bicyclic) bond motifs is 1. The van der Waals surface area contributed by atoms with Crippen LogP contribution in [0.1, 0.15) is 5.56 Å². The summed E-state index contributed by atoms with van der Waals surface area (Å²) in [7, 11) is 0. The molecule has 0 aliphatic rings. The Balaban J connectivity index is 1.78. The first-order valence-corrected chi connectivity index (χ1v) is 6.68. The molecule has 1 amide bonds. The van der Waals surface area contributed by atoms with Crippen LogP contribution in [0.4, 0.5) is 16.0 Å². The maximum Gasteiger partial charge on any atom is 0.269 e. The van der Waals surface area contributed by atoms with Crippen molar-refractivity contribution in [1.82, 2.24) is 4.98 Å². The number of carbonyl (C=O) groups excluding carboxylic acids is 1. The SMILES string of the molecule is Nc1[nH]c(N=NC(=O)Cc2ccc(F)cc2)c2ccccc12. The maximum atomic E-state index is 12.8. The second kappa shape index (κ2) is 5.77. The lowest BCUT2D eigenvalue weighted by Crippen LogP contribution is -1.97. The van der Waals surface area contributed by atoms with E-state index in [-0.39, 0.29) is 12.2 Å². The molecule has 6 heteroatoms. The van der Waals surface area contributed by atoms with E-state index in [4.69, 9.17) is 5.73 Å². The topological polar surface area (TPSA) is 83.6 Å². The quantitative estimate of drug-likeness (QED) is 0.721. The van der Waals surface area contributed by atoms with Crippen LogP contribution in [0.3, 0.4) is 0 Å². The third-order valence-electron chi connectivity index (χ3n) is 3.26. The number of nitrogens with two attached hydrogens (primary N) is 1. The molecule has 3 N–H and O–H groups in total. The van der Waals surface area contributed by atoms with Crippen molar-refractivity contribution in [2.45, 2.75) is 6.42 Å². The van der Waals surface area contributed by atoms with Crippen LogP contribution in [0.25, 0.3) is 10.8 Å². The van der Waals surface area contributed by atoms with Gasteiger partial charge in [-0.05, 0) is 17.7 Å². The Morgan fingerprint density at radius 1 is 1.09 bits per heavy atom. The van der Waals surface area contributed by atoms with Crippen LogP contribution in [0.5, 0.6) is 0 Å². The molecular weight excluding hydrogens is 283 g/mol. The summed E-state index contributed by atoms with van der Waals surface area (Å²) in [5, 5.41) is 9.26. The molecule has 0 spiro atoms. The Morgan fingerprint density at radius 3 is 2.50 bits per heavy atom. The highest BCUT2D eigenvalue weighted by Crippen LogP contribution is 2.30. The van der Waals surface area contributed by atoms with Crippen molar-refractivity contribution < 1.29 is 9.18 Å². The van der Waals surface area contributed by atoms with Gasteiger partial charge in [-0.15, -0.1) is 10.2 Å². The number of hydrogen-bond acceptors (Lipinski definition) is 3. The molecule has 3 aromatic rings. The molecule has 2 aromatic carbocycles. The normalized spacial score (nSPS) is 11.3. The first-order chi connectivity index (χ1) is 10.6. The van der Waals surface area contributed by atoms with Crippen LogP contribution in [-0.2, 0) is 11.2 Å². The summed E-state index contributed by atoms with van der Waals surface area (Å²) in [5.74, 6) is 0.172. The fourth-order valence-corrected chi connectivity index (χ4v) is 2.18. The molecule has 0 unspecified atom stereocenters. The second-order valence-corrected chi connectivity index (χ2v) is 4.83. The highest BCUT2D eigenvalue weighted by Gasteiger charge is 2.08. The van der Waals surface area contributed by atoms with Crippen molar-refractivity contribution in [3.05, 3.63) is 59.9 Å². The van der Waals surface area contributed by atoms with Gasteiger partial charge in [0, 0.05) is 10.8 Å². The fourth-order valence-electron chi connectivity index (χ4n) is 2.18. The van der Waals surface area contributed by atoms with E-state index in [9.17, 15) is 9.18 Å². The molecule has 0 aliphatic carbocycles. The number of anilines is 1. The molecule has 3 rings (SSSR count). The van der Waals surface area contributed by atoms with Crippen LogP contribution in [0, 0.1) is 5.82 Å². The molecule has 0 radical (unpaired) electrons. The van der Waals surface area contributed by atoms with Crippen molar-refractivity contribution in [2.24, 2.45) is 10.2 Å². The van der Waals surface area contributed by atoms with E-state index in [1.807, 2.05) is 24.3 Å². The summed E-state index contributed by atoms with van der Waals surface area (Å²) in [4.78, 5) is 14.7. The number of nitrogens with one attached hydrogen (secondary N) is 1. The molecule has 22 heavy (non-hydrogen) atoms. The van der Waals surface area contributed by atoms with E-state index < -0.39 is 5.91 Å². The van der Waals surface area contributed by atoms with E-state index in [0.717, 1.165) is 10.8 Å². The van der Waals surface area contributed by atoms with Gasteiger partial charge >= 0.3 is 0 Å². The van der Waals surface area contributed by atoms with Gasteiger partial charge in [0.2, 0.25) is 0 Å². The van der Waals surface area contributed by atoms with Crippen LogP contribution >= 0.6 is 0 Å². The summed E-state index contributed by atoms with van der Waals surface area (Å²) in [6.45, 7) is 0. The maximum absolute atomic E-state index is 12.8. The summed E-state index contributed by atoms with van der Waals surface area (Å²) >= 11 is 0. The summed E-state index contributed by atoms with van der Waals surface area (Å²) in [5.41, 5.74) is 6.53. The van der Waals surface area contributed by atoms with Gasteiger partial charge in [-0.2, -0.15) is 0 Å². The van der Waals surface area contributed by atoms with E-state index in [1.165, 1.54) is 12.1 Å². The number of benzene rings is 2. The zero-order chi connectivity index (χ0) is 15.5. The summed E-state index contributed by atoms with van der Waals surface area (Å²) in [6, 6.07) is 13.1. The largest absolute Gasteiger partial charge is 0.385 e. The van der Waals surface area contributed by atoms with E-state index in [0.29, 0.717) is 17.2 Å². The fraction of sp³-hybridized carbons (Fsp3) is 0.0625. The Labute approximate surface area is 125 Å². The average molecular weight is 296 g/mol. The molecule has 0 atom stereocenters. The Morgan fingerprint density at radius 2 is 1.77 bits per heavy atom. The van der Waals surface area contributed by atoms with Crippen molar-refractivity contribution in [3.63, 3.8) is 0 Å². The van der Waals surface area contributed by atoms with Crippen molar-refractivity contribution in [3.8, 4) is 0 Å². The number of halogens is 1. The molecule has 0 fully saturated rings. The van der Waals surface area contributed by atoms with Crippen molar-refractivity contribution >= 4 is 28.3 Å². The molecule has 1 heterocycles. The third kappa shape index (κ3) is 2.85. The minimum atomic E-state index is -0.413. The number of hydrogen-bond donors (Lipinski definition) is 2. The molecule has 0 bridgehead atoms. The molecule has 5 nitrogen and oxygen atoms in total. The molecule has 1 aromatic heterocycles. The summed E-state index contributed by atoms with van der Waals surface area (Å²) < 4.78 is 12.8. The highest BCUT2D eigenvalue weighted by molar-refractivity contribution is 5.99. The Hall–Kier alpha value is -3.02. The Kier molecular flexibility index (Phi) is 3.65. The predicted molar refractivity (Wildman–Crippen MR) is 82.3 cm³/mol. The molecule has 0 aliphatic heterocycles. The van der Waals surface area contributed by atoms with E-state index in [1.54, 1.807) is 12.1 Å².